The lowest BCUT2D eigenvalue weighted by Gasteiger charge is -2.60. The number of carbonyl (C=O) groups is 3. The number of aryl methyl sites for hydroxylation is 1. The number of benzene rings is 1. The van der Waals surface area contributed by atoms with Crippen molar-refractivity contribution in [3.8, 4) is 5.69 Å². The van der Waals surface area contributed by atoms with Crippen LogP contribution < -0.4 is 0 Å². The van der Waals surface area contributed by atoms with Gasteiger partial charge >= 0.3 is 5.97 Å². The van der Waals surface area contributed by atoms with E-state index in [0.29, 0.717) is 43.0 Å². The minimum atomic E-state index is -1.61. The number of esters is 1. The minimum absolute atomic E-state index is 0.0314. The molecule has 3 aromatic heterocycles. The molecule has 12 heteroatoms. The average molecular weight is 725 g/mol. The predicted octanol–water partition coefficient (Wildman–Crippen LogP) is 7.01. The van der Waals surface area contributed by atoms with E-state index in [1.165, 1.54) is 11.8 Å². The zero-order valence-electron chi connectivity index (χ0n) is 29.2. The van der Waals surface area contributed by atoms with Crippen LogP contribution in [0, 0.1) is 28.6 Å². The number of pyridine rings is 1. The second-order valence-corrected chi connectivity index (χ2v) is 16.1. The molecule has 270 valence electrons. The summed E-state index contributed by atoms with van der Waals surface area (Å²) in [5.74, 6) is -0.817. The largest absolute Gasteiger partial charge is 0.451 e. The summed E-state index contributed by atoms with van der Waals surface area (Å²) >= 11 is 0.518. The molecule has 10 nitrogen and oxygen atoms in total. The molecule has 3 heterocycles. The number of halogens is 1. The number of nitrogens with zero attached hydrogens (tertiary/aromatic N) is 4. The van der Waals surface area contributed by atoms with Gasteiger partial charge in [-0.15, -0.1) is 0 Å². The molecule has 7 atom stereocenters. The molecule has 0 bridgehead atoms. The van der Waals surface area contributed by atoms with Gasteiger partial charge in [-0.3, -0.25) is 14.6 Å². The number of aliphatic hydroxyl groups is 1. The fourth-order valence-corrected chi connectivity index (χ4v) is 11.1. The number of oxazole rings is 1. The molecule has 1 aromatic carbocycles. The van der Waals surface area contributed by atoms with Gasteiger partial charge in [0, 0.05) is 29.8 Å². The van der Waals surface area contributed by atoms with Crippen LogP contribution in [0.4, 0.5) is 4.39 Å². The number of thioether (sulfide) groups is 1. The predicted molar refractivity (Wildman–Crippen MR) is 191 cm³/mol. The first kappa shape index (κ1) is 34.7. The van der Waals surface area contributed by atoms with E-state index in [2.05, 4.69) is 23.0 Å². The third kappa shape index (κ3) is 5.48. The molecular formula is C40H41FN4O6S. The van der Waals surface area contributed by atoms with Gasteiger partial charge in [0.15, 0.2) is 23.5 Å². The van der Waals surface area contributed by atoms with Crippen molar-refractivity contribution < 1.29 is 33.0 Å². The van der Waals surface area contributed by atoms with Crippen molar-refractivity contribution >= 4 is 34.7 Å². The van der Waals surface area contributed by atoms with Gasteiger partial charge in [0.1, 0.15) is 12.3 Å². The third-order valence-corrected chi connectivity index (χ3v) is 13.4. The Morgan fingerprint density at radius 3 is 2.79 bits per heavy atom. The first-order chi connectivity index (χ1) is 25.1. The van der Waals surface area contributed by atoms with Gasteiger partial charge in [0.25, 0.3) is 0 Å². The van der Waals surface area contributed by atoms with Crippen LogP contribution in [0.1, 0.15) is 90.0 Å². The van der Waals surface area contributed by atoms with Gasteiger partial charge < -0.3 is 14.3 Å². The molecule has 4 aliphatic rings. The van der Waals surface area contributed by atoms with Gasteiger partial charge in [-0.1, -0.05) is 37.6 Å². The highest BCUT2D eigenvalue weighted by Gasteiger charge is 2.71. The van der Waals surface area contributed by atoms with Gasteiger partial charge in [0.05, 0.1) is 23.7 Å². The molecule has 3 fully saturated rings. The van der Waals surface area contributed by atoms with Crippen molar-refractivity contribution in [2.24, 2.45) is 28.6 Å². The molecule has 0 aliphatic heterocycles. The highest BCUT2D eigenvalue weighted by Crippen LogP contribution is 2.69. The molecule has 1 N–H and O–H groups in total. The van der Waals surface area contributed by atoms with Gasteiger partial charge in [-0.05, 0) is 115 Å². The molecule has 0 spiro atoms. The lowest BCUT2D eigenvalue weighted by atomic mass is 9.45. The number of aliphatic hydroxyl groups excluding tert-OH is 1. The van der Waals surface area contributed by atoms with Crippen LogP contribution in [-0.2, 0) is 22.4 Å². The summed E-state index contributed by atoms with van der Waals surface area (Å²) < 4.78 is 26.6. The zero-order valence-corrected chi connectivity index (χ0v) is 30.0. The molecule has 8 rings (SSSR count). The second kappa shape index (κ2) is 13.2. The van der Waals surface area contributed by atoms with Crippen molar-refractivity contribution in [3.05, 3.63) is 101 Å². The molecule has 0 saturated heterocycles. The standard InChI is InChI=1S/C40H41FN4O6S/c1-38-17-26-20-44-45(28-7-3-6-25(15-28)33(46)11-8-24-5-4-14-42-19-24)32(26)16-27(38)9-10-29-30-12-13-40(37(49)52-22-41,39(30,2)18-34(47)35(29)38)51-36(48)31-21-50-23-43-31/h3-7,14-16,19-21,23,29-30,34-35,47H,8-13,17-18,22H2,1-2H3/t29-,30-,34-,35+,38-,39-,40-/m0/s1. The zero-order chi connectivity index (χ0) is 36.3. The molecule has 4 aromatic rings. The van der Waals surface area contributed by atoms with Crippen LogP contribution in [0.2, 0.25) is 0 Å². The average Bonchev–Trinajstić information content (AvgIpc) is 3.89. The van der Waals surface area contributed by atoms with Gasteiger partial charge in [0.2, 0.25) is 5.12 Å². The van der Waals surface area contributed by atoms with Crippen molar-refractivity contribution in [3.63, 3.8) is 0 Å². The van der Waals surface area contributed by atoms with Crippen molar-refractivity contribution in [2.75, 3.05) is 6.01 Å². The summed E-state index contributed by atoms with van der Waals surface area (Å²) in [5.41, 5.74) is 2.83. The summed E-state index contributed by atoms with van der Waals surface area (Å²) in [5, 5.41) is 16.4. The van der Waals surface area contributed by atoms with E-state index in [4.69, 9.17) is 14.3 Å². The Kier molecular flexibility index (Phi) is 8.81. The molecule has 0 amide bonds. The summed E-state index contributed by atoms with van der Waals surface area (Å²) in [7, 11) is 0. The van der Waals surface area contributed by atoms with Crippen LogP contribution in [-0.4, -0.2) is 59.4 Å². The Bertz CT molecular complexity index is 2050. The first-order valence-corrected chi connectivity index (χ1v) is 18.9. The Labute approximate surface area is 305 Å². The highest BCUT2D eigenvalue weighted by atomic mass is 32.2. The van der Waals surface area contributed by atoms with Crippen LogP contribution in [0.25, 0.3) is 11.8 Å². The Hall–Kier alpha value is -4.42. The summed E-state index contributed by atoms with van der Waals surface area (Å²) in [6.45, 7) is 4.17. The number of fused-ring (bicyclic) bond motifs is 6. The van der Waals surface area contributed by atoms with Crippen molar-refractivity contribution in [2.45, 2.75) is 76.9 Å². The fourth-order valence-electron chi connectivity index (χ4n) is 10.4. The maximum absolute atomic E-state index is 13.8. The van der Waals surface area contributed by atoms with Crippen LogP contribution in [0.3, 0.4) is 0 Å². The number of ether oxygens (including phenoxy) is 1. The molecule has 3 saturated carbocycles. The monoisotopic (exact) mass is 724 g/mol. The SMILES string of the molecule is C[C@]12Cc3cnn(-c4cccc(C(=O)CCc5cccnc5)c4)c3C=C1CC[C@@H]1[C@@H]2[C@@H](O)C[C@@]2(C)[C@H]1CC[C@]2(OC(=O)c1cocn1)C(=O)SCF. The van der Waals surface area contributed by atoms with Gasteiger partial charge in [-0.25, -0.2) is 18.9 Å². The third-order valence-electron chi connectivity index (χ3n) is 12.7. The number of aromatic nitrogens is 4. The fraction of sp³-hybridized carbons (Fsp3) is 0.450. The number of hydrogen-bond donors (Lipinski definition) is 1. The molecule has 52 heavy (non-hydrogen) atoms. The van der Waals surface area contributed by atoms with Crippen molar-refractivity contribution in [1.29, 1.82) is 0 Å². The minimum Gasteiger partial charge on any atom is -0.451 e. The molecule has 0 unspecified atom stereocenters. The van der Waals surface area contributed by atoms with Crippen molar-refractivity contribution in [1.82, 2.24) is 19.7 Å². The number of hydrogen-bond acceptors (Lipinski definition) is 10. The number of ketones is 1. The Balaban J connectivity index is 1.06. The maximum atomic E-state index is 13.8. The van der Waals surface area contributed by atoms with E-state index in [0.717, 1.165) is 41.7 Å². The van der Waals surface area contributed by atoms with E-state index < -0.39 is 34.2 Å². The van der Waals surface area contributed by atoms with Crippen LogP contribution in [0.5, 0.6) is 0 Å². The van der Waals surface area contributed by atoms with Crippen LogP contribution >= 0.6 is 11.8 Å². The van der Waals surface area contributed by atoms with E-state index in [1.54, 1.807) is 12.4 Å². The maximum Gasteiger partial charge on any atom is 0.361 e. The summed E-state index contributed by atoms with van der Waals surface area (Å²) in [6.07, 6.45) is 13.5. The number of Topliss-reactive ketones (excluding diaryl/α,β-unsaturated/α-hetero) is 1. The summed E-state index contributed by atoms with van der Waals surface area (Å²) in [6, 6.07) is 10.5. The number of carbonyl (C=O) groups excluding carboxylic acids is 3. The normalized spacial score (nSPS) is 30.3. The van der Waals surface area contributed by atoms with Crippen LogP contribution in [0.15, 0.2) is 77.6 Å². The topological polar surface area (TPSA) is 137 Å². The van der Waals surface area contributed by atoms with Gasteiger partial charge in [-0.2, -0.15) is 5.10 Å². The number of rotatable bonds is 9. The lowest BCUT2D eigenvalue weighted by Crippen LogP contribution is -2.62. The second-order valence-electron chi connectivity index (χ2n) is 15.3. The Morgan fingerprint density at radius 1 is 1.15 bits per heavy atom. The first-order valence-electron chi connectivity index (χ1n) is 17.9. The number of allylic oxidation sites excluding steroid dienone is 1. The molecule has 4 aliphatic carbocycles. The molecule has 0 radical (unpaired) electrons. The quantitative estimate of drug-likeness (QED) is 0.142. The summed E-state index contributed by atoms with van der Waals surface area (Å²) in [4.78, 5) is 48.3. The lowest BCUT2D eigenvalue weighted by molar-refractivity contribution is -0.174. The number of alkyl halides is 1. The Morgan fingerprint density at radius 2 is 2.02 bits per heavy atom. The van der Waals surface area contributed by atoms with E-state index >= 15 is 0 Å². The van der Waals surface area contributed by atoms with E-state index in [9.17, 15) is 23.9 Å². The smallest absolute Gasteiger partial charge is 0.361 e. The highest BCUT2D eigenvalue weighted by molar-refractivity contribution is 8.13. The van der Waals surface area contributed by atoms with E-state index in [-0.39, 0.29) is 47.5 Å². The van der Waals surface area contributed by atoms with E-state index in [1.807, 2.05) is 54.2 Å². The molecular weight excluding hydrogens is 684 g/mol.